The Morgan fingerprint density at radius 1 is 1.12 bits per heavy atom. The third-order valence-electron chi connectivity index (χ3n) is 4.51. The zero-order valence-corrected chi connectivity index (χ0v) is 15.8. The summed E-state index contributed by atoms with van der Waals surface area (Å²) in [6.07, 6.45) is 1.08. The van der Waals surface area contributed by atoms with E-state index in [2.05, 4.69) is 22.4 Å². The van der Waals surface area contributed by atoms with Crippen LogP contribution in [0.1, 0.15) is 36.0 Å². The van der Waals surface area contributed by atoms with Crippen LogP contribution in [0.3, 0.4) is 0 Å². The summed E-state index contributed by atoms with van der Waals surface area (Å²) in [7, 11) is 0. The first-order valence-electron chi connectivity index (χ1n) is 8.94. The number of hydrogen-bond donors (Lipinski definition) is 1. The van der Waals surface area contributed by atoms with Gasteiger partial charge in [0.05, 0.1) is 17.1 Å². The molecule has 3 aromatic rings. The maximum atomic E-state index is 12.4. The summed E-state index contributed by atoms with van der Waals surface area (Å²) in [6.45, 7) is 8.70. The SMILES string of the molecule is CCn1nc(C)cc1NC(=O)CCc1c(C)nn(-c2ccccc2)c1C. The van der Waals surface area contributed by atoms with Crippen molar-refractivity contribution in [1.82, 2.24) is 19.6 Å². The lowest BCUT2D eigenvalue weighted by Gasteiger charge is -2.08. The topological polar surface area (TPSA) is 64.7 Å². The summed E-state index contributed by atoms with van der Waals surface area (Å²) in [6, 6.07) is 11.9. The number of amides is 1. The number of nitrogens with zero attached hydrogens (tertiary/aromatic N) is 4. The van der Waals surface area contributed by atoms with Crippen LogP contribution in [0.4, 0.5) is 5.82 Å². The van der Waals surface area contributed by atoms with Crippen LogP contribution >= 0.6 is 0 Å². The minimum Gasteiger partial charge on any atom is -0.311 e. The Bertz CT molecular complexity index is 908. The molecule has 0 unspecified atom stereocenters. The first-order chi connectivity index (χ1) is 12.5. The highest BCUT2D eigenvalue weighted by molar-refractivity contribution is 5.90. The predicted octanol–water partition coefficient (Wildman–Crippen LogP) is 3.59. The molecule has 0 aliphatic rings. The van der Waals surface area contributed by atoms with E-state index in [9.17, 15) is 4.79 Å². The molecule has 0 aliphatic heterocycles. The Hall–Kier alpha value is -2.89. The van der Waals surface area contributed by atoms with Crippen LogP contribution in [0.25, 0.3) is 5.69 Å². The number of anilines is 1. The third-order valence-corrected chi connectivity index (χ3v) is 4.51. The summed E-state index contributed by atoms with van der Waals surface area (Å²) >= 11 is 0. The Morgan fingerprint density at radius 3 is 2.54 bits per heavy atom. The lowest BCUT2D eigenvalue weighted by molar-refractivity contribution is -0.116. The van der Waals surface area contributed by atoms with Gasteiger partial charge in [0.1, 0.15) is 5.82 Å². The van der Waals surface area contributed by atoms with Crippen molar-refractivity contribution >= 4 is 11.7 Å². The average molecular weight is 351 g/mol. The smallest absolute Gasteiger partial charge is 0.225 e. The van der Waals surface area contributed by atoms with Crippen LogP contribution in [0.15, 0.2) is 36.4 Å². The van der Waals surface area contributed by atoms with Crippen molar-refractivity contribution in [2.24, 2.45) is 0 Å². The second-order valence-corrected chi connectivity index (χ2v) is 6.43. The maximum absolute atomic E-state index is 12.4. The number of carbonyl (C=O) groups excluding carboxylic acids is 1. The van der Waals surface area contributed by atoms with Crippen molar-refractivity contribution < 1.29 is 4.79 Å². The number of benzene rings is 1. The minimum absolute atomic E-state index is 0.00846. The fourth-order valence-corrected chi connectivity index (χ4v) is 3.19. The van der Waals surface area contributed by atoms with Crippen LogP contribution in [0, 0.1) is 20.8 Å². The average Bonchev–Trinajstić information content (AvgIpc) is 3.12. The zero-order chi connectivity index (χ0) is 18.7. The van der Waals surface area contributed by atoms with Crippen molar-refractivity contribution in [2.75, 3.05) is 5.32 Å². The molecule has 0 aliphatic carbocycles. The fraction of sp³-hybridized carbons (Fsp3) is 0.350. The van der Waals surface area contributed by atoms with Gasteiger partial charge in [0.2, 0.25) is 5.91 Å². The highest BCUT2D eigenvalue weighted by atomic mass is 16.1. The van der Waals surface area contributed by atoms with E-state index >= 15 is 0 Å². The van der Waals surface area contributed by atoms with Gasteiger partial charge in [-0.25, -0.2) is 9.36 Å². The molecule has 0 fully saturated rings. The lowest BCUT2D eigenvalue weighted by Crippen LogP contribution is -2.16. The van der Waals surface area contributed by atoms with Gasteiger partial charge >= 0.3 is 0 Å². The fourth-order valence-electron chi connectivity index (χ4n) is 3.19. The van der Waals surface area contributed by atoms with E-state index < -0.39 is 0 Å². The Labute approximate surface area is 153 Å². The summed E-state index contributed by atoms with van der Waals surface area (Å²) in [4.78, 5) is 12.4. The highest BCUT2D eigenvalue weighted by Crippen LogP contribution is 2.19. The van der Waals surface area contributed by atoms with Gasteiger partial charge in [-0.3, -0.25) is 4.79 Å². The quantitative estimate of drug-likeness (QED) is 0.738. The Morgan fingerprint density at radius 2 is 1.85 bits per heavy atom. The molecule has 0 saturated carbocycles. The third kappa shape index (κ3) is 3.69. The molecule has 2 aromatic heterocycles. The number of rotatable bonds is 6. The number of aryl methyl sites for hydroxylation is 3. The molecule has 0 saturated heterocycles. The molecule has 26 heavy (non-hydrogen) atoms. The molecule has 6 nitrogen and oxygen atoms in total. The van der Waals surface area contributed by atoms with Crippen LogP contribution in [-0.2, 0) is 17.8 Å². The van der Waals surface area contributed by atoms with Crippen molar-refractivity contribution in [2.45, 2.75) is 47.1 Å². The maximum Gasteiger partial charge on any atom is 0.225 e. The van der Waals surface area contributed by atoms with E-state index in [4.69, 9.17) is 0 Å². The van der Waals surface area contributed by atoms with Gasteiger partial charge in [-0.05, 0) is 51.8 Å². The number of para-hydroxylation sites is 1. The van der Waals surface area contributed by atoms with Crippen molar-refractivity contribution in [1.29, 1.82) is 0 Å². The molecule has 2 heterocycles. The van der Waals surface area contributed by atoms with Crippen LogP contribution in [0.2, 0.25) is 0 Å². The minimum atomic E-state index is -0.00846. The molecular formula is C20H25N5O. The largest absolute Gasteiger partial charge is 0.311 e. The molecule has 0 atom stereocenters. The Kier molecular flexibility index (Phi) is 5.21. The molecule has 1 aromatic carbocycles. The van der Waals surface area contributed by atoms with E-state index in [0.717, 1.165) is 40.7 Å². The number of aromatic nitrogens is 4. The van der Waals surface area contributed by atoms with Gasteiger partial charge in [0.25, 0.3) is 0 Å². The van der Waals surface area contributed by atoms with E-state index in [1.807, 2.05) is 61.9 Å². The summed E-state index contributed by atoms with van der Waals surface area (Å²) < 4.78 is 3.75. The van der Waals surface area contributed by atoms with Crippen LogP contribution in [-0.4, -0.2) is 25.5 Å². The van der Waals surface area contributed by atoms with E-state index in [1.165, 1.54) is 0 Å². The standard InChI is InChI=1S/C20H25N5O/c1-5-24-19(13-14(2)22-24)21-20(26)12-11-18-15(3)23-25(16(18)4)17-9-7-6-8-10-17/h6-10,13H,5,11-12H2,1-4H3,(H,21,26). The van der Waals surface area contributed by atoms with Crippen molar-refractivity contribution in [3.05, 3.63) is 59.0 Å². The van der Waals surface area contributed by atoms with Gasteiger partial charge in [0, 0.05) is 24.7 Å². The normalized spacial score (nSPS) is 10.9. The predicted molar refractivity (Wildman–Crippen MR) is 103 cm³/mol. The Balaban J connectivity index is 1.70. The number of nitrogens with one attached hydrogen (secondary N) is 1. The molecule has 136 valence electrons. The molecular weight excluding hydrogens is 326 g/mol. The lowest BCUT2D eigenvalue weighted by atomic mass is 10.1. The van der Waals surface area contributed by atoms with E-state index in [1.54, 1.807) is 4.68 Å². The van der Waals surface area contributed by atoms with Gasteiger partial charge in [-0.1, -0.05) is 18.2 Å². The molecule has 3 rings (SSSR count). The van der Waals surface area contributed by atoms with Crippen LogP contribution in [0.5, 0.6) is 0 Å². The highest BCUT2D eigenvalue weighted by Gasteiger charge is 2.15. The molecule has 0 bridgehead atoms. The first kappa shape index (κ1) is 17.9. The molecule has 0 radical (unpaired) electrons. The van der Waals surface area contributed by atoms with Gasteiger partial charge in [-0.2, -0.15) is 10.2 Å². The summed E-state index contributed by atoms with van der Waals surface area (Å²) in [5.74, 6) is 0.745. The van der Waals surface area contributed by atoms with Crippen LogP contribution < -0.4 is 5.32 Å². The monoisotopic (exact) mass is 351 g/mol. The van der Waals surface area contributed by atoms with Gasteiger partial charge in [-0.15, -0.1) is 0 Å². The molecule has 1 amide bonds. The second-order valence-electron chi connectivity index (χ2n) is 6.43. The molecule has 0 spiro atoms. The first-order valence-corrected chi connectivity index (χ1v) is 8.94. The van der Waals surface area contributed by atoms with Gasteiger partial charge < -0.3 is 5.32 Å². The molecule has 6 heteroatoms. The van der Waals surface area contributed by atoms with Crippen molar-refractivity contribution in [3.63, 3.8) is 0 Å². The van der Waals surface area contributed by atoms with E-state index in [0.29, 0.717) is 12.8 Å². The zero-order valence-electron chi connectivity index (χ0n) is 15.8. The van der Waals surface area contributed by atoms with Crippen molar-refractivity contribution in [3.8, 4) is 5.69 Å². The van der Waals surface area contributed by atoms with Gasteiger partial charge in [0.15, 0.2) is 0 Å². The number of hydrogen-bond acceptors (Lipinski definition) is 3. The number of carbonyl (C=O) groups is 1. The summed E-state index contributed by atoms with van der Waals surface area (Å²) in [5, 5.41) is 12.0. The second kappa shape index (κ2) is 7.56. The molecule has 1 N–H and O–H groups in total. The summed E-state index contributed by atoms with van der Waals surface area (Å²) in [5.41, 5.74) is 5.11. The van der Waals surface area contributed by atoms with E-state index in [-0.39, 0.29) is 5.91 Å².